The van der Waals surface area contributed by atoms with E-state index in [-0.39, 0.29) is 23.9 Å². The van der Waals surface area contributed by atoms with Crippen LogP contribution in [0.25, 0.3) is 0 Å². The zero-order valence-electron chi connectivity index (χ0n) is 23.8. The van der Waals surface area contributed by atoms with E-state index in [4.69, 9.17) is 9.47 Å². The summed E-state index contributed by atoms with van der Waals surface area (Å²) in [6.45, 7) is -0.117. The molecular formula is C33H33N3O6S. The smallest absolute Gasteiger partial charge is 0.262 e. The maximum absolute atomic E-state index is 13.9. The van der Waals surface area contributed by atoms with Crippen LogP contribution < -0.4 is 19.7 Å². The standard InChI is InChI=1S/C33H33N3O6S/c1-41-27-16-18-28(19-17-27)43(39,40)35(22-26-12-6-3-7-13-26)24-32(37)36-23-31(42-30-15-9-8-14-29(30)36)33(38)34-21-20-25-10-4-2-5-11-25/h2-19,31H,20-24H2,1H3,(H,34,38). The molecule has 1 heterocycles. The molecule has 1 aliphatic rings. The summed E-state index contributed by atoms with van der Waals surface area (Å²) in [5.41, 5.74) is 2.29. The number of nitrogens with zero attached hydrogens (tertiary/aromatic N) is 2. The molecule has 4 aromatic rings. The fourth-order valence-electron chi connectivity index (χ4n) is 4.84. The fourth-order valence-corrected chi connectivity index (χ4v) is 6.22. The molecule has 43 heavy (non-hydrogen) atoms. The molecule has 0 radical (unpaired) electrons. The Labute approximate surface area is 251 Å². The van der Waals surface area contributed by atoms with Gasteiger partial charge in [0.15, 0.2) is 6.10 Å². The minimum absolute atomic E-state index is 0.0175. The highest BCUT2D eigenvalue weighted by molar-refractivity contribution is 7.89. The minimum Gasteiger partial charge on any atom is -0.497 e. The normalized spacial score (nSPS) is 14.5. The summed E-state index contributed by atoms with van der Waals surface area (Å²) in [5, 5.41) is 2.90. The number of methoxy groups -OCH3 is 1. The molecule has 1 aliphatic heterocycles. The second-order valence-corrected chi connectivity index (χ2v) is 12.0. The first kappa shape index (κ1) is 29.8. The van der Waals surface area contributed by atoms with E-state index in [1.165, 1.54) is 24.1 Å². The molecule has 2 amide bonds. The van der Waals surface area contributed by atoms with Crippen molar-refractivity contribution in [1.29, 1.82) is 0 Å². The lowest BCUT2D eigenvalue weighted by Gasteiger charge is -2.35. The summed E-state index contributed by atoms with van der Waals surface area (Å²) in [6, 6.07) is 31.8. The molecule has 10 heteroatoms. The molecule has 222 valence electrons. The largest absolute Gasteiger partial charge is 0.497 e. The summed E-state index contributed by atoms with van der Waals surface area (Å²) in [4.78, 5) is 28.5. The van der Waals surface area contributed by atoms with Crippen molar-refractivity contribution in [3.8, 4) is 11.5 Å². The number of fused-ring (bicyclic) bond motifs is 1. The summed E-state index contributed by atoms with van der Waals surface area (Å²) < 4.78 is 40.0. The molecule has 1 N–H and O–H groups in total. The predicted molar refractivity (Wildman–Crippen MR) is 163 cm³/mol. The van der Waals surface area contributed by atoms with Crippen molar-refractivity contribution < 1.29 is 27.5 Å². The quantitative estimate of drug-likeness (QED) is 0.279. The number of carbonyl (C=O) groups excluding carboxylic acids is 2. The van der Waals surface area contributed by atoms with Crippen molar-refractivity contribution >= 4 is 27.5 Å². The van der Waals surface area contributed by atoms with Gasteiger partial charge in [0.1, 0.15) is 11.5 Å². The number of nitrogens with one attached hydrogen (secondary N) is 1. The van der Waals surface area contributed by atoms with Crippen molar-refractivity contribution in [2.75, 3.05) is 31.6 Å². The molecule has 1 unspecified atom stereocenters. The Morgan fingerprint density at radius 1 is 0.884 bits per heavy atom. The van der Waals surface area contributed by atoms with Gasteiger partial charge in [-0.25, -0.2) is 8.42 Å². The Kier molecular flexibility index (Phi) is 9.38. The molecule has 9 nitrogen and oxygen atoms in total. The Bertz CT molecular complexity index is 1650. The van der Waals surface area contributed by atoms with Gasteiger partial charge in [0, 0.05) is 13.1 Å². The lowest BCUT2D eigenvalue weighted by molar-refractivity contribution is -0.128. The zero-order valence-corrected chi connectivity index (χ0v) is 24.6. The van der Waals surface area contributed by atoms with Crippen LogP contribution >= 0.6 is 0 Å². The van der Waals surface area contributed by atoms with E-state index in [0.717, 1.165) is 15.4 Å². The molecule has 1 atom stereocenters. The van der Waals surface area contributed by atoms with Gasteiger partial charge in [0.2, 0.25) is 15.9 Å². The number of sulfonamides is 1. The van der Waals surface area contributed by atoms with Gasteiger partial charge in [-0.2, -0.15) is 4.31 Å². The zero-order chi connectivity index (χ0) is 30.2. The number of carbonyl (C=O) groups is 2. The monoisotopic (exact) mass is 599 g/mol. The van der Waals surface area contributed by atoms with E-state index >= 15 is 0 Å². The Morgan fingerprint density at radius 2 is 1.51 bits per heavy atom. The van der Waals surface area contributed by atoms with Crippen LogP contribution in [0, 0.1) is 0 Å². The minimum atomic E-state index is -4.08. The molecule has 0 bridgehead atoms. The molecule has 0 aromatic heterocycles. The first-order valence-corrected chi connectivity index (χ1v) is 15.3. The van der Waals surface area contributed by atoms with Gasteiger partial charge in [-0.3, -0.25) is 9.59 Å². The van der Waals surface area contributed by atoms with Crippen LogP contribution in [0.15, 0.2) is 114 Å². The van der Waals surface area contributed by atoms with Crippen molar-refractivity contribution in [2.24, 2.45) is 0 Å². The van der Waals surface area contributed by atoms with Gasteiger partial charge in [-0.1, -0.05) is 72.8 Å². The van der Waals surface area contributed by atoms with E-state index in [0.29, 0.717) is 30.2 Å². The molecule has 0 saturated carbocycles. The van der Waals surface area contributed by atoms with Crippen LogP contribution in [0.2, 0.25) is 0 Å². The first-order chi connectivity index (χ1) is 20.8. The molecule has 0 saturated heterocycles. The van der Waals surface area contributed by atoms with Gasteiger partial charge in [-0.15, -0.1) is 0 Å². The highest BCUT2D eigenvalue weighted by Crippen LogP contribution is 2.34. The second-order valence-electron chi connectivity index (χ2n) is 10.0. The van der Waals surface area contributed by atoms with Crippen molar-refractivity contribution in [1.82, 2.24) is 9.62 Å². The maximum Gasteiger partial charge on any atom is 0.262 e. The number of para-hydroxylation sites is 2. The van der Waals surface area contributed by atoms with E-state index < -0.39 is 28.6 Å². The number of rotatable bonds is 11. The molecule has 0 spiro atoms. The van der Waals surface area contributed by atoms with Gasteiger partial charge in [0.25, 0.3) is 5.91 Å². The second kappa shape index (κ2) is 13.5. The highest BCUT2D eigenvalue weighted by Gasteiger charge is 2.36. The first-order valence-electron chi connectivity index (χ1n) is 13.9. The number of hydrogen-bond donors (Lipinski definition) is 1. The van der Waals surface area contributed by atoms with Crippen LogP contribution in [0.3, 0.4) is 0 Å². The third-order valence-corrected chi connectivity index (χ3v) is 8.94. The van der Waals surface area contributed by atoms with Crippen LogP contribution in [-0.4, -0.2) is 57.4 Å². The fraction of sp³-hybridized carbons (Fsp3) is 0.212. The summed E-state index contributed by atoms with van der Waals surface area (Å²) >= 11 is 0. The van der Waals surface area contributed by atoms with Crippen molar-refractivity contribution in [3.05, 3.63) is 120 Å². The van der Waals surface area contributed by atoms with E-state index in [9.17, 15) is 18.0 Å². The lowest BCUT2D eigenvalue weighted by Crippen LogP contribution is -2.53. The van der Waals surface area contributed by atoms with Gasteiger partial charge in [-0.05, 0) is 53.9 Å². The highest BCUT2D eigenvalue weighted by atomic mass is 32.2. The topological polar surface area (TPSA) is 105 Å². The van der Waals surface area contributed by atoms with E-state index in [1.54, 1.807) is 48.5 Å². The molecule has 0 fully saturated rings. The third-order valence-electron chi connectivity index (χ3n) is 7.13. The van der Waals surface area contributed by atoms with E-state index in [2.05, 4.69) is 5.32 Å². The Morgan fingerprint density at radius 3 is 2.19 bits per heavy atom. The van der Waals surface area contributed by atoms with Gasteiger partial charge in [0.05, 0.1) is 30.8 Å². The average molecular weight is 600 g/mol. The van der Waals surface area contributed by atoms with Gasteiger partial charge >= 0.3 is 0 Å². The number of benzene rings is 4. The number of amides is 2. The molecule has 0 aliphatic carbocycles. The average Bonchev–Trinajstić information content (AvgIpc) is 3.04. The number of hydrogen-bond acceptors (Lipinski definition) is 6. The van der Waals surface area contributed by atoms with E-state index in [1.807, 2.05) is 48.5 Å². The van der Waals surface area contributed by atoms with Crippen molar-refractivity contribution in [3.63, 3.8) is 0 Å². The molecule has 5 rings (SSSR count). The number of ether oxygens (including phenoxy) is 2. The summed E-state index contributed by atoms with van der Waals surface area (Å²) in [6.07, 6.45) is -0.314. The van der Waals surface area contributed by atoms with Crippen LogP contribution in [0.4, 0.5) is 5.69 Å². The van der Waals surface area contributed by atoms with Crippen LogP contribution in [0.5, 0.6) is 11.5 Å². The Balaban J connectivity index is 1.37. The molecule has 4 aromatic carbocycles. The maximum atomic E-state index is 13.9. The lowest BCUT2D eigenvalue weighted by atomic mass is 10.1. The summed E-state index contributed by atoms with van der Waals surface area (Å²) in [7, 11) is -2.58. The molecular weight excluding hydrogens is 566 g/mol. The van der Waals surface area contributed by atoms with Crippen LogP contribution in [0.1, 0.15) is 11.1 Å². The predicted octanol–water partition coefficient (Wildman–Crippen LogP) is 4.04. The number of anilines is 1. The van der Waals surface area contributed by atoms with Crippen molar-refractivity contribution in [2.45, 2.75) is 24.0 Å². The SMILES string of the molecule is COc1ccc(S(=O)(=O)N(CC(=O)N2CC(C(=O)NCCc3ccccc3)Oc3ccccc32)Cc2ccccc2)cc1. The van der Waals surface area contributed by atoms with Gasteiger partial charge < -0.3 is 19.7 Å². The summed E-state index contributed by atoms with van der Waals surface area (Å²) in [5.74, 6) is 0.0571. The van der Waals surface area contributed by atoms with Crippen LogP contribution in [-0.2, 0) is 32.6 Å². The third kappa shape index (κ3) is 7.22. The Hall–Kier alpha value is -4.67.